The maximum atomic E-state index is 12.2. The molecule has 23 heavy (non-hydrogen) atoms. The molecular weight excluding hydrogens is 316 g/mol. The number of halogens is 1. The number of amides is 1. The van der Waals surface area contributed by atoms with E-state index in [-0.39, 0.29) is 12.5 Å². The van der Waals surface area contributed by atoms with Crippen molar-refractivity contribution in [3.63, 3.8) is 0 Å². The maximum Gasteiger partial charge on any atom is 0.338 e. The molecule has 0 bridgehead atoms. The molecule has 1 amide bonds. The van der Waals surface area contributed by atoms with Gasteiger partial charge in [0.25, 0.3) is 0 Å². The average Bonchev–Trinajstić information content (AvgIpc) is 2.97. The van der Waals surface area contributed by atoms with E-state index < -0.39 is 5.97 Å². The van der Waals surface area contributed by atoms with Gasteiger partial charge in [-0.2, -0.15) is 0 Å². The minimum atomic E-state index is -0.399. The van der Waals surface area contributed by atoms with Crippen molar-refractivity contribution in [3.8, 4) is 0 Å². The lowest BCUT2D eigenvalue weighted by Gasteiger charge is -2.14. The first-order valence-electron chi connectivity index (χ1n) is 7.23. The van der Waals surface area contributed by atoms with E-state index in [4.69, 9.17) is 16.3 Å². The standard InChI is InChI=1S/C17H15ClN2O3/c1-11(21)20-7-6-13-8-14(3-4-15(13)20)17(22)23-10-12-2-5-16(18)19-9-12/h2-5,8-9H,6-7,10H2,1H3. The molecule has 1 aliphatic rings. The summed E-state index contributed by atoms with van der Waals surface area (Å²) in [6.07, 6.45) is 2.32. The van der Waals surface area contributed by atoms with E-state index in [1.165, 1.54) is 6.92 Å². The highest BCUT2D eigenvalue weighted by molar-refractivity contribution is 6.29. The van der Waals surface area contributed by atoms with E-state index in [0.29, 0.717) is 17.3 Å². The van der Waals surface area contributed by atoms with Gasteiger partial charge in [-0.1, -0.05) is 17.7 Å². The van der Waals surface area contributed by atoms with Gasteiger partial charge in [-0.15, -0.1) is 0 Å². The SMILES string of the molecule is CC(=O)N1CCc2cc(C(=O)OCc3ccc(Cl)nc3)ccc21. The van der Waals surface area contributed by atoms with Crippen molar-refractivity contribution in [1.82, 2.24) is 4.98 Å². The predicted octanol–water partition coefficient (Wildman–Crippen LogP) is 3.00. The normalized spacial score (nSPS) is 12.9. The largest absolute Gasteiger partial charge is 0.457 e. The third kappa shape index (κ3) is 3.35. The molecule has 1 aromatic carbocycles. The summed E-state index contributed by atoms with van der Waals surface area (Å²) in [5.74, 6) is -0.390. The number of pyridine rings is 1. The summed E-state index contributed by atoms with van der Waals surface area (Å²) in [6, 6.07) is 8.68. The second kappa shape index (κ2) is 6.38. The maximum absolute atomic E-state index is 12.2. The Morgan fingerprint density at radius 2 is 2.13 bits per heavy atom. The molecule has 0 saturated heterocycles. The Labute approximate surface area is 138 Å². The molecule has 5 nitrogen and oxygen atoms in total. The van der Waals surface area contributed by atoms with Crippen LogP contribution in [0.1, 0.15) is 28.4 Å². The Hall–Kier alpha value is -2.40. The summed E-state index contributed by atoms with van der Waals surface area (Å²) in [6.45, 7) is 2.33. The van der Waals surface area contributed by atoms with Crippen LogP contribution in [0, 0.1) is 0 Å². The number of rotatable bonds is 3. The van der Waals surface area contributed by atoms with Gasteiger partial charge in [0, 0.05) is 30.9 Å². The minimum absolute atomic E-state index is 0.00862. The number of fused-ring (bicyclic) bond motifs is 1. The molecule has 0 aliphatic carbocycles. The van der Waals surface area contributed by atoms with Gasteiger partial charge in [-0.3, -0.25) is 4.79 Å². The second-order valence-corrected chi connectivity index (χ2v) is 5.72. The zero-order valence-electron chi connectivity index (χ0n) is 12.6. The highest BCUT2D eigenvalue weighted by Gasteiger charge is 2.23. The van der Waals surface area contributed by atoms with Crippen molar-refractivity contribution in [2.75, 3.05) is 11.4 Å². The van der Waals surface area contributed by atoms with Crippen molar-refractivity contribution in [2.45, 2.75) is 20.0 Å². The second-order valence-electron chi connectivity index (χ2n) is 5.33. The lowest BCUT2D eigenvalue weighted by molar-refractivity contribution is -0.116. The van der Waals surface area contributed by atoms with Crippen LogP contribution in [-0.4, -0.2) is 23.4 Å². The summed E-state index contributed by atoms with van der Waals surface area (Å²) in [5.41, 5.74) is 3.11. The van der Waals surface area contributed by atoms with Crippen molar-refractivity contribution < 1.29 is 14.3 Å². The number of carbonyl (C=O) groups excluding carboxylic acids is 2. The van der Waals surface area contributed by atoms with Crippen LogP contribution >= 0.6 is 11.6 Å². The van der Waals surface area contributed by atoms with E-state index in [1.807, 2.05) is 0 Å². The van der Waals surface area contributed by atoms with E-state index in [2.05, 4.69) is 4.98 Å². The van der Waals surface area contributed by atoms with E-state index >= 15 is 0 Å². The minimum Gasteiger partial charge on any atom is -0.457 e. The van der Waals surface area contributed by atoms with Gasteiger partial charge in [0.05, 0.1) is 5.56 Å². The van der Waals surface area contributed by atoms with Crippen LogP contribution in [0.25, 0.3) is 0 Å². The molecule has 0 unspecified atom stereocenters. The van der Waals surface area contributed by atoms with Gasteiger partial charge < -0.3 is 9.64 Å². The molecule has 0 fully saturated rings. The summed E-state index contributed by atoms with van der Waals surface area (Å²) in [7, 11) is 0. The van der Waals surface area contributed by atoms with E-state index in [0.717, 1.165) is 23.2 Å². The van der Waals surface area contributed by atoms with E-state index in [9.17, 15) is 9.59 Å². The van der Waals surface area contributed by atoms with Gasteiger partial charge in [-0.05, 0) is 36.2 Å². The van der Waals surface area contributed by atoms with Gasteiger partial charge in [0.2, 0.25) is 5.91 Å². The van der Waals surface area contributed by atoms with Crippen molar-refractivity contribution >= 4 is 29.2 Å². The van der Waals surface area contributed by atoms with Crippen LogP contribution in [0.15, 0.2) is 36.5 Å². The van der Waals surface area contributed by atoms with Crippen LogP contribution in [-0.2, 0) is 22.6 Å². The van der Waals surface area contributed by atoms with Gasteiger partial charge >= 0.3 is 5.97 Å². The molecule has 0 saturated carbocycles. The Bertz CT molecular complexity index is 759. The molecule has 2 aromatic rings. The summed E-state index contributed by atoms with van der Waals surface area (Å²) in [5, 5.41) is 0.397. The molecule has 2 heterocycles. The summed E-state index contributed by atoms with van der Waals surface area (Å²) in [4.78, 5) is 29.3. The fourth-order valence-electron chi connectivity index (χ4n) is 2.58. The molecule has 118 valence electrons. The summed E-state index contributed by atoms with van der Waals surface area (Å²) >= 11 is 5.71. The van der Waals surface area contributed by atoms with Crippen LogP contribution in [0.2, 0.25) is 5.15 Å². The molecule has 1 aromatic heterocycles. The smallest absolute Gasteiger partial charge is 0.338 e. The fourth-order valence-corrected chi connectivity index (χ4v) is 2.69. The predicted molar refractivity (Wildman–Crippen MR) is 86.5 cm³/mol. The lowest BCUT2D eigenvalue weighted by atomic mass is 10.1. The Morgan fingerprint density at radius 1 is 1.30 bits per heavy atom. The molecule has 0 atom stereocenters. The quantitative estimate of drug-likeness (QED) is 0.641. The van der Waals surface area contributed by atoms with Crippen LogP contribution in [0.3, 0.4) is 0 Å². The number of aromatic nitrogens is 1. The molecule has 3 rings (SSSR count). The van der Waals surface area contributed by atoms with Crippen molar-refractivity contribution in [2.24, 2.45) is 0 Å². The lowest BCUT2D eigenvalue weighted by Crippen LogP contribution is -2.25. The molecular formula is C17H15ClN2O3. The number of hydrogen-bond donors (Lipinski definition) is 0. The average molecular weight is 331 g/mol. The molecule has 1 aliphatic heterocycles. The number of nitrogens with zero attached hydrogens (tertiary/aromatic N) is 2. The Morgan fingerprint density at radius 3 is 2.83 bits per heavy atom. The number of ether oxygens (including phenoxy) is 1. The zero-order chi connectivity index (χ0) is 16.4. The molecule has 0 N–H and O–H groups in total. The van der Waals surface area contributed by atoms with E-state index in [1.54, 1.807) is 41.4 Å². The first kappa shape index (κ1) is 15.5. The fraction of sp³-hybridized carbons (Fsp3) is 0.235. The van der Waals surface area contributed by atoms with Crippen LogP contribution in [0.4, 0.5) is 5.69 Å². The number of anilines is 1. The third-order valence-corrected chi connectivity index (χ3v) is 3.97. The van der Waals surface area contributed by atoms with Gasteiger partial charge in [0.1, 0.15) is 11.8 Å². The first-order chi connectivity index (χ1) is 11.0. The van der Waals surface area contributed by atoms with Gasteiger partial charge in [-0.25, -0.2) is 9.78 Å². The van der Waals surface area contributed by atoms with Gasteiger partial charge in [0.15, 0.2) is 0 Å². The zero-order valence-corrected chi connectivity index (χ0v) is 13.3. The number of hydrogen-bond acceptors (Lipinski definition) is 4. The monoisotopic (exact) mass is 330 g/mol. The van der Waals surface area contributed by atoms with Crippen molar-refractivity contribution in [1.29, 1.82) is 0 Å². The molecule has 6 heteroatoms. The highest BCUT2D eigenvalue weighted by Crippen LogP contribution is 2.29. The Balaban J connectivity index is 1.69. The Kier molecular flexibility index (Phi) is 4.30. The molecule has 0 radical (unpaired) electrons. The number of carbonyl (C=O) groups is 2. The van der Waals surface area contributed by atoms with Crippen LogP contribution < -0.4 is 4.90 Å². The third-order valence-electron chi connectivity index (χ3n) is 3.75. The number of benzene rings is 1. The molecule has 0 spiro atoms. The van der Waals surface area contributed by atoms with Crippen molar-refractivity contribution in [3.05, 3.63) is 58.4 Å². The van der Waals surface area contributed by atoms with Crippen LogP contribution in [0.5, 0.6) is 0 Å². The number of esters is 1. The first-order valence-corrected chi connectivity index (χ1v) is 7.61. The summed E-state index contributed by atoms with van der Waals surface area (Å²) < 4.78 is 5.29. The highest BCUT2D eigenvalue weighted by atomic mass is 35.5. The topological polar surface area (TPSA) is 59.5 Å².